The molecule has 0 aliphatic carbocycles. The second-order valence-electron chi connectivity index (χ2n) is 3.82. The molecule has 2 nitrogen and oxygen atoms in total. The molecule has 0 saturated heterocycles. The summed E-state index contributed by atoms with van der Waals surface area (Å²) >= 11 is 0. The van der Waals surface area contributed by atoms with Crippen LogP contribution < -0.4 is 10.5 Å². The summed E-state index contributed by atoms with van der Waals surface area (Å²) in [6, 6.07) is 3.28. The largest absolute Gasteiger partial charge is 0.496 e. The van der Waals surface area contributed by atoms with Gasteiger partial charge in [-0.2, -0.15) is 0 Å². The average molecular weight is 211 g/mol. The van der Waals surface area contributed by atoms with Gasteiger partial charge >= 0.3 is 0 Å². The summed E-state index contributed by atoms with van der Waals surface area (Å²) in [6.07, 6.45) is 0.832. The van der Waals surface area contributed by atoms with E-state index in [1.807, 2.05) is 6.92 Å². The molecule has 0 aliphatic heterocycles. The van der Waals surface area contributed by atoms with E-state index < -0.39 is 0 Å². The van der Waals surface area contributed by atoms with E-state index in [-0.39, 0.29) is 11.7 Å². The fourth-order valence-electron chi connectivity index (χ4n) is 1.64. The molecule has 1 rings (SSSR count). The molecule has 0 fully saturated rings. The van der Waals surface area contributed by atoms with E-state index in [4.69, 9.17) is 10.5 Å². The van der Waals surface area contributed by atoms with Gasteiger partial charge in [-0.3, -0.25) is 0 Å². The molecule has 0 aliphatic rings. The third-order valence-corrected chi connectivity index (χ3v) is 2.64. The Hall–Kier alpha value is -1.09. The lowest BCUT2D eigenvalue weighted by Crippen LogP contribution is -2.06. The van der Waals surface area contributed by atoms with Crippen LogP contribution in [0.15, 0.2) is 12.1 Å². The molecule has 15 heavy (non-hydrogen) atoms. The van der Waals surface area contributed by atoms with E-state index in [9.17, 15) is 4.39 Å². The molecule has 1 aromatic carbocycles. The Labute approximate surface area is 90.2 Å². The molecule has 0 saturated carbocycles. The zero-order chi connectivity index (χ0) is 11.4. The average Bonchev–Trinajstić information content (AvgIpc) is 2.21. The first-order chi connectivity index (χ1) is 7.10. The Morgan fingerprint density at radius 1 is 1.47 bits per heavy atom. The van der Waals surface area contributed by atoms with Crippen molar-refractivity contribution in [3.8, 4) is 5.75 Å². The van der Waals surface area contributed by atoms with Crippen molar-refractivity contribution in [3.05, 3.63) is 29.1 Å². The van der Waals surface area contributed by atoms with Gasteiger partial charge in [0.05, 0.1) is 7.11 Å². The summed E-state index contributed by atoms with van der Waals surface area (Å²) in [5, 5.41) is 0. The number of ether oxygens (including phenoxy) is 1. The van der Waals surface area contributed by atoms with Gasteiger partial charge in [0.2, 0.25) is 0 Å². The zero-order valence-electron chi connectivity index (χ0n) is 9.51. The number of rotatable bonds is 4. The fourth-order valence-corrected chi connectivity index (χ4v) is 1.64. The van der Waals surface area contributed by atoms with Gasteiger partial charge in [0.15, 0.2) is 0 Å². The topological polar surface area (TPSA) is 35.2 Å². The van der Waals surface area contributed by atoms with Crippen molar-refractivity contribution in [3.63, 3.8) is 0 Å². The predicted molar refractivity (Wildman–Crippen MR) is 59.8 cm³/mol. The SMILES string of the molecule is COc1cc(C)c(F)cc1C(C)CCN. The Kier molecular flexibility index (Phi) is 4.09. The summed E-state index contributed by atoms with van der Waals surface area (Å²) in [5.74, 6) is 0.782. The van der Waals surface area contributed by atoms with Crippen LogP contribution in [0.25, 0.3) is 0 Å². The summed E-state index contributed by atoms with van der Waals surface area (Å²) in [4.78, 5) is 0. The second-order valence-corrected chi connectivity index (χ2v) is 3.82. The van der Waals surface area contributed by atoms with Crippen molar-refractivity contribution >= 4 is 0 Å². The van der Waals surface area contributed by atoms with Gasteiger partial charge in [-0.15, -0.1) is 0 Å². The first-order valence-electron chi connectivity index (χ1n) is 5.14. The lowest BCUT2D eigenvalue weighted by molar-refractivity contribution is 0.403. The van der Waals surface area contributed by atoms with E-state index in [1.54, 1.807) is 26.2 Å². The number of aryl methyl sites for hydroxylation is 1. The quantitative estimate of drug-likeness (QED) is 0.830. The van der Waals surface area contributed by atoms with Crippen molar-refractivity contribution in [1.29, 1.82) is 0 Å². The lowest BCUT2D eigenvalue weighted by atomic mass is 9.95. The maximum atomic E-state index is 13.4. The van der Waals surface area contributed by atoms with Gasteiger partial charge in [-0.1, -0.05) is 6.92 Å². The standard InChI is InChI=1S/C12H18FNO/c1-8(4-5-14)10-7-11(13)9(2)6-12(10)15-3/h6-8H,4-5,14H2,1-3H3. The molecule has 0 bridgehead atoms. The van der Waals surface area contributed by atoms with E-state index in [2.05, 4.69) is 0 Å². The highest BCUT2D eigenvalue weighted by atomic mass is 19.1. The van der Waals surface area contributed by atoms with Gasteiger partial charge in [-0.25, -0.2) is 4.39 Å². The van der Waals surface area contributed by atoms with Crippen molar-refractivity contribution in [2.45, 2.75) is 26.2 Å². The number of halogens is 1. The van der Waals surface area contributed by atoms with Gasteiger partial charge in [0.25, 0.3) is 0 Å². The van der Waals surface area contributed by atoms with Crippen LogP contribution in [0, 0.1) is 12.7 Å². The molecule has 0 aromatic heterocycles. The molecule has 0 spiro atoms. The van der Waals surface area contributed by atoms with Crippen LogP contribution in [-0.2, 0) is 0 Å². The zero-order valence-corrected chi connectivity index (χ0v) is 9.51. The minimum atomic E-state index is -0.185. The highest BCUT2D eigenvalue weighted by Crippen LogP contribution is 2.30. The minimum Gasteiger partial charge on any atom is -0.496 e. The van der Waals surface area contributed by atoms with Crippen molar-refractivity contribution in [2.75, 3.05) is 13.7 Å². The number of hydrogen-bond acceptors (Lipinski definition) is 2. The van der Waals surface area contributed by atoms with E-state index in [0.717, 1.165) is 17.7 Å². The van der Waals surface area contributed by atoms with Crippen molar-refractivity contribution < 1.29 is 9.13 Å². The molecule has 0 heterocycles. The summed E-state index contributed by atoms with van der Waals surface area (Å²) in [6.45, 7) is 4.36. The van der Waals surface area contributed by atoms with Crippen LogP contribution in [0.2, 0.25) is 0 Å². The monoisotopic (exact) mass is 211 g/mol. The first kappa shape index (κ1) is 12.0. The lowest BCUT2D eigenvalue weighted by Gasteiger charge is -2.16. The smallest absolute Gasteiger partial charge is 0.126 e. The Balaban J connectivity index is 3.09. The van der Waals surface area contributed by atoms with Gasteiger partial charge in [0.1, 0.15) is 11.6 Å². The van der Waals surface area contributed by atoms with E-state index >= 15 is 0 Å². The molecule has 0 amide bonds. The normalized spacial score (nSPS) is 12.6. The summed E-state index contributed by atoms with van der Waals surface area (Å²) in [5.41, 5.74) is 6.99. The van der Waals surface area contributed by atoms with Crippen LogP contribution in [0.3, 0.4) is 0 Å². The minimum absolute atomic E-state index is 0.185. The number of nitrogens with two attached hydrogens (primary N) is 1. The van der Waals surface area contributed by atoms with Crippen LogP contribution in [0.5, 0.6) is 5.75 Å². The predicted octanol–water partition coefficient (Wildman–Crippen LogP) is 2.60. The molecule has 84 valence electrons. The van der Waals surface area contributed by atoms with Crippen LogP contribution in [0.4, 0.5) is 4.39 Å². The van der Waals surface area contributed by atoms with Crippen LogP contribution in [-0.4, -0.2) is 13.7 Å². The second kappa shape index (κ2) is 5.12. The maximum Gasteiger partial charge on any atom is 0.126 e. The molecule has 0 radical (unpaired) electrons. The maximum absolute atomic E-state index is 13.4. The first-order valence-corrected chi connectivity index (χ1v) is 5.14. The van der Waals surface area contributed by atoms with Crippen molar-refractivity contribution in [1.82, 2.24) is 0 Å². The number of hydrogen-bond donors (Lipinski definition) is 1. The highest BCUT2D eigenvalue weighted by Gasteiger charge is 2.13. The van der Waals surface area contributed by atoms with E-state index in [0.29, 0.717) is 12.1 Å². The molecule has 2 N–H and O–H groups in total. The molecular formula is C12H18FNO. The Morgan fingerprint density at radius 2 is 2.13 bits per heavy atom. The van der Waals surface area contributed by atoms with Crippen LogP contribution in [0.1, 0.15) is 30.4 Å². The van der Waals surface area contributed by atoms with Gasteiger partial charge < -0.3 is 10.5 Å². The van der Waals surface area contributed by atoms with Gasteiger partial charge in [-0.05, 0) is 49.1 Å². The van der Waals surface area contributed by atoms with Crippen LogP contribution >= 0.6 is 0 Å². The third kappa shape index (κ3) is 2.69. The number of methoxy groups -OCH3 is 1. The third-order valence-electron chi connectivity index (χ3n) is 2.64. The van der Waals surface area contributed by atoms with Gasteiger partial charge in [0, 0.05) is 0 Å². The molecule has 3 heteroatoms. The fraction of sp³-hybridized carbons (Fsp3) is 0.500. The molecule has 1 unspecified atom stereocenters. The molecule has 1 aromatic rings. The Morgan fingerprint density at radius 3 is 2.67 bits per heavy atom. The molecule has 1 atom stereocenters. The Bertz CT molecular complexity index is 339. The highest BCUT2D eigenvalue weighted by molar-refractivity contribution is 5.40. The molecular weight excluding hydrogens is 193 g/mol. The summed E-state index contributed by atoms with van der Waals surface area (Å²) < 4.78 is 18.7. The van der Waals surface area contributed by atoms with E-state index in [1.165, 1.54) is 0 Å². The number of benzene rings is 1. The summed E-state index contributed by atoms with van der Waals surface area (Å²) in [7, 11) is 1.60. The van der Waals surface area contributed by atoms with Crippen molar-refractivity contribution in [2.24, 2.45) is 5.73 Å².